The van der Waals surface area contributed by atoms with Crippen molar-refractivity contribution < 1.29 is 35.1 Å². The topological polar surface area (TPSA) is 146 Å². The first kappa shape index (κ1) is 47.7. The fourth-order valence-corrected chi connectivity index (χ4v) is 10.7. The van der Waals surface area contributed by atoms with Crippen LogP contribution >= 0.6 is 35.0 Å². The number of allylic oxidation sites excluding steroid dienone is 1. The number of anilines is 2. The number of amides is 1. The van der Waals surface area contributed by atoms with E-state index in [1.807, 2.05) is 47.2 Å². The molecule has 0 bridgehead atoms. The number of ether oxygens (including phenoxy) is 1. The molecule has 0 unspecified atom stereocenters. The van der Waals surface area contributed by atoms with Gasteiger partial charge in [-0.1, -0.05) is 53.9 Å². The second-order valence-electron chi connectivity index (χ2n) is 15.1. The average Bonchev–Trinajstić information content (AvgIpc) is 3.50. The van der Waals surface area contributed by atoms with Crippen molar-refractivity contribution in [2.75, 3.05) is 68.9 Å². The summed E-state index contributed by atoms with van der Waals surface area (Å²) in [4.78, 5) is 14.6. The van der Waals surface area contributed by atoms with Crippen molar-refractivity contribution in [1.82, 2.24) is 14.9 Å². The van der Waals surface area contributed by atoms with Crippen molar-refractivity contribution >= 4 is 77.7 Å². The number of thioether (sulfide) groups is 1. The van der Waals surface area contributed by atoms with E-state index in [0.29, 0.717) is 74.9 Å². The molecule has 0 aromatic heterocycles. The van der Waals surface area contributed by atoms with Gasteiger partial charge in [0.2, 0.25) is 0 Å². The third-order valence-corrected chi connectivity index (χ3v) is 15.6. The lowest BCUT2D eigenvalue weighted by atomic mass is 9.96. The van der Waals surface area contributed by atoms with Crippen molar-refractivity contribution in [3.8, 4) is 0 Å². The molecule has 0 saturated carbocycles. The highest BCUT2D eigenvalue weighted by atomic mass is 35.5. The Hall–Kier alpha value is -3.74. The summed E-state index contributed by atoms with van der Waals surface area (Å²) in [5.74, 6) is -0.570. The smallest absolute Gasteiger partial charge is 0.384 e. The molecule has 2 aliphatic rings. The van der Waals surface area contributed by atoms with Crippen LogP contribution in [0.3, 0.4) is 0 Å². The Bertz CT molecular complexity index is 2370. The largest absolute Gasteiger partial charge is 0.427 e. The van der Waals surface area contributed by atoms with Gasteiger partial charge in [0.1, 0.15) is 0 Å². The van der Waals surface area contributed by atoms with E-state index in [1.54, 1.807) is 12.1 Å². The lowest BCUT2D eigenvalue weighted by molar-refractivity contribution is 0.0370. The van der Waals surface area contributed by atoms with Crippen LogP contribution in [-0.2, 0) is 24.6 Å². The fourth-order valence-electron chi connectivity index (χ4n) is 7.28. The van der Waals surface area contributed by atoms with Crippen LogP contribution in [0.4, 0.5) is 20.2 Å². The van der Waals surface area contributed by atoms with Crippen molar-refractivity contribution in [2.24, 2.45) is 0 Å². The Morgan fingerprint density at radius 1 is 0.871 bits per heavy atom. The molecule has 11 nitrogen and oxygen atoms in total. The maximum Gasteiger partial charge on any atom is 0.427 e. The van der Waals surface area contributed by atoms with Gasteiger partial charge in [-0.25, -0.2) is 21.6 Å². The molecule has 334 valence electrons. The zero-order chi connectivity index (χ0) is 44.2. The number of nitrogens with zero attached hydrogens (tertiary/aromatic N) is 1. The molecule has 6 rings (SSSR count). The highest BCUT2D eigenvalue weighted by molar-refractivity contribution is 7.99. The first-order chi connectivity index (χ1) is 29.7. The maximum absolute atomic E-state index is 14.5. The molecule has 1 heterocycles. The molecule has 62 heavy (non-hydrogen) atoms. The normalized spacial score (nSPS) is 16.1. The van der Waals surface area contributed by atoms with E-state index in [2.05, 4.69) is 33.0 Å². The van der Waals surface area contributed by atoms with Crippen molar-refractivity contribution in [2.45, 2.75) is 64.0 Å². The van der Waals surface area contributed by atoms with Crippen LogP contribution in [0, 0.1) is 0 Å². The third-order valence-electron chi connectivity index (χ3n) is 10.7. The fraction of sp³-hybridized carbons (Fsp3) is 0.386. The van der Waals surface area contributed by atoms with Crippen LogP contribution in [0.25, 0.3) is 5.57 Å². The summed E-state index contributed by atoms with van der Waals surface area (Å²) in [5, 5.41) is 10.6. The third kappa shape index (κ3) is 13.4. The summed E-state index contributed by atoms with van der Waals surface area (Å²) in [7, 11) is -10.4. The van der Waals surface area contributed by atoms with Gasteiger partial charge in [0.15, 0.2) is 0 Å². The van der Waals surface area contributed by atoms with Crippen LogP contribution in [0.15, 0.2) is 117 Å². The van der Waals surface area contributed by atoms with Crippen molar-refractivity contribution in [1.29, 1.82) is 0 Å². The second-order valence-corrected chi connectivity index (χ2v) is 21.0. The van der Waals surface area contributed by atoms with Gasteiger partial charge in [0, 0.05) is 72.2 Å². The zero-order valence-corrected chi connectivity index (χ0v) is 38.0. The highest BCUT2D eigenvalue weighted by Crippen LogP contribution is 2.38. The van der Waals surface area contributed by atoms with E-state index in [1.165, 1.54) is 47.0 Å². The summed E-state index contributed by atoms with van der Waals surface area (Å²) in [5.41, 5.74) is 4.43. The minimum absolute atomic E-state index is 0.00438. The summed E-state index contributed by atoms with van der Waals surface area (Å²) >= 11 is 12.7. The Morgan fingerprint density at radius 2 is 1.58 bits per heavy atom. The maximum atomic E-state index is 14.5. The Balaban J connectivity index is 1.09. The predicted octanol–water partition coefficient (Wildman–Crippen LogP) is 8.74. The molecule has 1 aliphatic heterocycles. The molecule has 18 heteroatoms. The van der Waals surface area contributed by atoms with Crippen molar-refractivity contribution in [3.63, 3.8) is 0 Å². The first-order valence-corrected chi connectivity index (χ1v) is 25.2. The molecule has 0 spiro atoms. The zero-order valence-electron chi connectivity index (χ0n) is 34.1. The number of morpholine rings is 1. The summed E-state index contributed by atoms with van der Waals surface area (Å²) in [6.45, 7) is 5.19. The molecule has 1 saturated heterocycles. The minimum Gasteiger partial charge on any atom is -0.384 e. The number of carbonyl (C=O) groups is 1. The molecule has 1 fully saturated rings. The number of rotatable bonds is 20. The number of halogens is 4. The average molecular weight is 951 g/mol. The van der Waals surface area contributed by atoms with E-state index in [9.17, 15) is 30.4 Å². The van der Waals surface area contributed by atoms with Crippen LogP contribution in [0.2, 0.25) is 5.02 Å². The molecule has 1 atom stereocenters. The number of benzene rings is 4. The van der Waals surface area contributed by atoms with Gasteiger partial charge in [-0.15, -0.1) is 11.8 Å². The van der Waals surface area contributed by atoms with Crippen LogP contribution in [0.5, 0.6) is 0 Å². The number of sulfonamides is 1. The molecule has 0 radical (unpaired) electrons. The number of alkyl halides is 3. The van der Waals surface area contributed by atoms with Crippen molar-refractivity contribution in [3.05, 3.63) is 119 Å². The van der Waals surface area contributed by atoms with E-state index < -0.39 is 46.3 Å². The van der Waals surface area contributed by atoms with Gasteiger partial charge in [-0.05, 0) is 122 Å². The van der Waals surface area contributed by atoms with Gasteiger partial charge in [-0.2, -0.15) is 8.78 Å². The lowest BCUT2D eigenvalue weighted by Crippen LogP contribution is -2.39. The summed E-state index contributed by atoms with van der Waals surface area (Å²) in [6.07, 6.45) is 6.07. The van der Waals surface area contributed by atoms with Crippen LogP contribution in [-0.4, -0.2) is 96.6 Å². The number of hydrogen-bond donors (Lipinski definition) is 4. The number of nitrogens with one attached hydrogen (secondary N) is 4. The molecular formula is C44H51Cl2F2N5O6S3. The molecule has 1 amide bonds. The quantitative estimate of drug-likeness (QED) is 0.0384. The van der Waals surface area contributed by atoms with Crippen LogP contribution in [0.1, 0.15) is 54.4 Å². The van der Waals surface area contributed by atoms with Crippen LogP contribution < -0.4 is 20.7 Å². The molecule has 4 aromatic carbocycles. The standard InChI is InChI=1S/C44H51Cl2F2N5O6S3/c45-35-15-11-32(12-16-35)40-10-6-1-3-7-34(40)30-49-22-23-50-36-17-13-33(14-18-36)43(54)52-62(57,58)39-19-20-41(42(29-39)61(55,56)44(46,47)48)51-37(21-24-53-25-27-59-28-26-53)31-60-38-8-4-2-5-9-38/h2,4-5,8-9,11-20,29,37,49-51H,1,3,6-7,10,21-28,30-31H2,(H,52,54)/t37-/m1/s1. The number of hydrogen-bond acceptors (Lipinski definition) is 11. The van der Waals surface area contributed by atoms with E-state index in [0.717, 1.165) is 49.3 Å². The Kier molecular flexibility index (Phi) is 17.1. The SMILES string of the molecule is O=C(NS(=O)(=O)c1ccc(N[C@H](CCN2CCOCC2)CSc2ccccc2)c(S(=O)(=O)C(F)(F)Cl)c1)c1ccc(NCCNCC2=C(c3ccc(Cl)cc3)CCCCC2)cc1. The minimum atomic E-state index is -5.62. The second kappa shape index (κ2) is 22.2. The van der Waals surface area contributed by atoms with Gasteiger partial charge >= 0.3 is 4.71 Å². The monoisotopic (exact) mass is 949 g/mol. The Labute approximate surface area is 377 Å². The van der Waals surface area contributed by atoms with Gasteiger partial charge < -0.3 is 20.7 Å². The molecule has 4 N–H and O–H groups in total. The lowest BCUT2D eigenvalue weighted by Gasteiger charge is -2.29. The number of sulfone groups is 1. The molecule has 4 aromatic rings. The predicted molar refractivity (Wildman–Crippen MR) is 245 cm³/mol. The molecular weight excluding hydrogens is 900 g/mol. The Morgan fingerprint density at radius 3 is 2.29 bits per heavy atom. The highest BCUT2D eigenvalue weighted by Gasteiger charge is 2.46. The first-order valence-electron chi connectivity index (χ1n) is 20.5. The van der Waals surface area contributed by atoms with Gasteiger partial charge in [-0.3, -0.25) is 9.69 Å². The van der Waals surface area contributed by atoms with E-state index in [-0.39, 0.29) is 11.3 Å². The molecule has 1 aliphatic carbocycles. The van der Waals surface area contributed by atoms with Gasteiger partial charge in [0.25, 0.3) is 25.8 Å². The van der Waals surface area contributed by atoms with Gasteiger partial charge in [0.05, 0.1) is 28.7 Å². The van der Waals surface area contributed by atoms with E-state index >= 15 is 0 Å². The summed E-state index contributed by atoms with van der Waals surface area (Å²) in [6, 6.07) is 25.9. The number of carbonyl (C=O) groups excluding carboxylic acids is 1. The summed E-state index contributed by atoms with van der Waals surface area (Å²) < 4.78 is 85.2. The van der Waals surface area contributed by atoms with E-state index in [4.69, 9.17) is 27.9 Å².